The Bertz CT molecular complexity index is 818. The van der Waals surface area contributed by atoms with Crippen LogP contribution in [-0.2, 0) is 16.0 Å². The molecule has 0 radical (unpaired) electrons. The van der Waals surface area contributed by atoms with Crippen LogP contribution in [0.15, 0.2) is 35.3 Å². The van der Waals surface area contributed by atoms with Gasteiger partial charge in [0.05, 0.1) is 0 Å². The lowest BCUT2D eigenvalue weighted by atomic mass is 10.2. The van der Waals surface area contributed by atoms with E-state index in [0.29, 0.717) is 0 Å². The zero-order valence-electron chi connectivity index (χ0n) is 16.9. The smallest absolute Gasteiger partial charge is 0.475 e. The average molecular weight is 502 g/mol. The van der Waals surface area contributed by atoms with Crippen LogP contribution in [-0.4, -0.2) is 82.1 Å². The average Bonchev–Trinajstić information content (AvgIpc) is 3.26. The zero-order valence-corrected chi connectivity index (χ0v) is 17.7. The maximum Gasteiger partial charge on any atom is 0.490 e. The fourth-order valence-electron chi connectivity index (χ4n) is 2.35. The number of nitrogens with zero attached hydrogens (tertiary/aromatic N) is 4. The first kappa shape index (κ1) is 28.1. The van der Waals surface area contributed by atoms with Gasteiger partial charge in [0, 0.05) is 45.1 Å². The molecule has 184 valence electrons. The van der Waals surface area contributed by atoms with E-state index in [2.05, 4.69) is 36.6 Å². The first-order valence-corrected chi connectivity index (χ1v) is 10.1. The van der Waals surface area contributed by atoms with Crippen molar-refractivity contribution >= 4 is 29.2 Å². The Morgan fingerprint density at radius 1 is 0.939 bits per heavy atom. The molecule has 2 aromatic rings. The summed E-state index contributed by atoms with van der Waals surface area (Å²) in [4.78, 5) is 31.2. The third-order valence-corrected chi connectivity index (χ3v) is 4.72. The largest absolute Gasteiger partial charge is 0.490 e. The molecule has 0 aliphatic carbocycles. The molecule has 0 bridgehead atoms. The molecule has 2 N–H and O–H groups in total. The standard InChI is InChI=1S/C14H18N4S.2C2HF3O2/c1-4-15-14(16-5-1)18-9-7-17(8-10-18)6-2-13-3-11-19-12-13;2*3-2(4,5)1(6)7/h1,3-5,11-12H,2,6-10H2;2*(H,6,7). The molecular weight excluding hydrogens is 482 g/mol. The number of carbonyl (C=O) groups is 2. The monoisotopic (exact) mass is 502 g/mol. The van der Waals surface area contributed by atoms with Gasteiger partial charge in [0.2, 0.25) is 5.95 Å². The van der Waals surface area contributed by atoms with Crippen molar-refractivity contribution in [2.24, 2.45) is 0 Å². The van der Waals surface area contributed by atoms with Gasteiger partial charge < -0.3 is 15.1 Å². The number of rotatable bonds is 4. The quantitative estimate of drug-likeness (QED) is 0.615. The minimum atomic E-state index is -5.08. The highest BCUT2D eigenvalue weighted by Gasteiger charge is 2.38. The summed E-state index contributed by atoms with van der Waals surface area (Å²) in [6.45, 7) is 5.40. The molecule has 1 saturated heterocycles. The summed E-state index contributed by atoms with van der Waals surface area (Å²) in [7, 11) is 0. The van der Waals surface area contributed by atoms with Crippen LogP contribution in [0.2, 0.25) is 0 Å². The highest BCUT2D eigenvalue weighted by Crippen LogP contribution is 2.14. The van der Waals surface area contributed by atoms with Crippen LogP contribution >= 0.6 is 11.3 Å². The topological polar surface area (TPSA) is 107 Å². The van der Waals surface area contributed by atoms with Crippen LogP contribution in [0.25, 0.3) is 0 Å². The number of thiophene rings is 1. The Labute approximate surface area is 188 Å². The predicted octanol–water partition coefficient (Wildman–Crippen LogP) is 3.17. The molecule has 15 heteroatoms. The first-order chi connectivity index (χ1) is 15.3. The van der Waals surface area contributed by atoms with Crippen molar-refractivity contribution < 1.29 is 46.1 Å². The van der Waals surface area contributed by atoms with Gasteiger partial charge in [-0.1, -0.05) is 0 Å². The molecule has 1 aliphatic heterocycles. The second-order valence-corrected chi connectivity index (χ2v) is 7.14. The number of alkyl halides is 6. The molecule has 0 aromatic carbocycles. The summed E-state index contributed by atoms with van der Waals surface area (Å²) in [5.41, 5.74) is 1.46. The minimum Gasteiger partial charge on any atom is -0.475 e. The highest BCUT2D eigenvalue weighted by molar-refractivity contribution is 7.07. The summed E-state index contributed by atoms with van der Waals surface area (Å²) >= 11 is 1.78. The number of carboxylic acid groups (broad SMARTS) is 2. The lowest BCUT2D eigenvalue weighted by Crippen LogP contribution is -2.47. The second kappa shape index (κ2) is 12.9. The van der Waals surface area contributed by atoms with Gasteiger partial charge in [0.1, 0.15) is 0 Å². The maximum atomic E-state index is 10.6. The van der Waals surface area contributed by atoms with Gasteiger partial charge in [0.15, 0.2) is 0 Å². The van der Waals surface area contributed by atoms with Gasteiger partial charge in [-0.2, -0.15) is 37.7 Å². The van der Waals surface area contributed by atoms with E-state index in [1.165, 1.54) is 5.56 Å². The number of halogens is 6. The van der Waals surface area contributed by atoms with Crippen LogP contribution < -0.4 is 4.90 Å². The van der Waals surface area contributed by atoms with Crippen LogP contribution in [0.1, 0.15) is 5.56 Å². The van der Waals surface area contributed by atoms with Gasteiger partial charge >= 0.3 is 24.3 Å². The third-order valence-electron chi connectivity index (χ3n) is 3.99. The van der Waals surface area contributed by atoms with Crippen molar-refractivity contribution in [3.05, 3.63) is 40.8 Å². The molecule has 3 heterocycles. The summed E-state index contributed by atoms with van der Waals surface area (Å²) < 4.78 is 63.5. The van der Waals surface area contributed by atoms with Crippen molar-refractivity contribution in [3.63, 3.8) is 0 Å². The van der Waals surface area contributed by atoms with Gasteiger partial charge in [-0.05, 0) is 34.9 Å². The Hall–Kier alpha value is -2.94. The van der Waals surface area contributed by atoms with Crippen molar-refractivity contribution in [1.82, 2.24) is 14.9 Å². The van der Waals surface area contributed by atoms with Crippen molar-refractivity contribution in [2.45, 2.75) is 18.8 Å². The summed E-state index contributed by atoms with van der Waals surface area (Å²) in [6, 6.07) is 4.08. The van der Waals surface area contributed by atoms with E-state index in [1.807, 2.05) is 18.5 Å². The van der Waals surface area contributed by atoms with E-state index in [0.717, 1.165) is 45.1 Å². The number of hydrogen-bond acceptors (Lipinski definition) is 7. The second-order valence-electron chi connectivity index (χ2n) is 6.36. The first-order valence-electron chi connectivity index (χ1n) is 9.16. The Morgan fingerprint density at radius 3 is 1.82 bits per heavy atom. The van der Waals surface area contributed by atoms with E-state index in [1.54, 1.807) is 11.3 Å². The van der Waals surface area contributed by atoms with Gasteiger partial charge in [-0.3, -0.25) is 4.90 Å². The maximum absolute atomic E-state index is 10.6. The molecule has 1 fully saturated rings. The molecule has 0 atom stereocenters. The Kier molecular flexibility index (Phi) is 11.0. The predicted molar refractivity (Wildman–Crippen MR) is 106 cm³/mol. The van der Waals surface area contributed by atoms with E-state index in [-0.39, 0.29) is 0 Å². The normalized spacial score (nSPS) is 14.4. The molecule has 8 nitrogen and oxygen atoms in total. The van der Waals surface area contributed by atoms with Crippen LogP contribution in [0.3, 0.4) is 0 Å². The van der Waals surface area contributed by atoms with Crippen LogP contribution in [0.5, 0.6) is 0 Å². The van der Waals surface area contributed by atoms with Gasteiger partial charge in [0.25, 0.3) is 0 Å². The van der Waals surface area contributed by atoms with Gasteiger partial charge in [-0.15, -0.1) is 0 Å². The molecule has 1 aliphatic rings. The third kappa shape index (κ3) is 11.5. The molecule has 33 heavy (non-hydrogen) atoms. The Morgan fingerprint density at radius 2 is 1.42 bits per heavy atom. The minimum absolute atomic E-state index is 0.861. The van der Waals surface area contributed by atoms with E-state index < -0.39 is 24.3 Å². The number of anilines is 1. The summed E-state index contributed by atoms with van der Waals surface area (Å²) in [5, 5.41) is 18.6. The van der Waals surface area contributed by atoms with E-state index >= 15 is 0 Å². The Balaban J connectivity index is 0.000000324. The number of aliphatic carboxylic acids is 2. The molecule has 0 unspecified atom stereocenters. The van der Waals surface area contributed by atoms with Crippen LogP contribution in [0, 0.1) is 0 Å². The summed E-state index contributed by atoms with van der Waals surface area (Å²) in [6.07, 6.45) is -5.39. The zero-order chi connectivity index (χ0) is 25.1. The lowest BCUT2D eigenvalue weighted by Gasteiger charge is -2.34. The fraction of sp³-hybridized carbons (Fsp3) is 0.444. The number of carboxylic acids is 2. The molecule has 3 rings (SSSR count). The van der Waals surface area contributed by atoms with Crippen molar-refractivity contribution in [3.8, 4) is 0 Å². The van der Waals surface area contributed by atoms with Crippen LogP contribution in [0.4, 0.5) is 32.3 Å². The lowest BCUT2D eigenvalue weighted by molar-refractivity contribution is -0.193. The van der Waals surface area contributed by atoms with E-state index in [9.17, 15) is 26.3 Å². The fourth-order valence-corrected chi connectivity index (χ4v) is 3.05. The van der Waals surface area contributed by atoms with E-state index in [4.69, 9.17) is 19.8 Å². The van der Waals surface area contributed by atoms with Gasteiger partial charge in [-0.25, -0.2) is 19.6 Å². The number of hydrogen-bond donors (Lipinski definition) is 2. The number of piperazine rings is 1. The highest BCUT2D eigenvalue weighted by atomic mass is 32.1. The molecule has 2 aromatic heterocycles. The molecule has 0 spiro atoms. The molecule has 0 saturated carbocycles. The van der Waals surface area contributed by atoms with Crippen molar-refractivity contribution in [1.29, 1.82) is 0 Å². The summed E-state index contributed by atoms with van der Waals surface area (Å²) in [5.74, 6) is -4.65. The SMILES string of the molecule is O=C(O)C(F)(F)F.O=C(O)C(F)(F)F.c1cnc(N2CCN(CCc3ccsc3)CC2)nc1. The molecular formula is C18H20F6N4O4S. The number of aromatic nitrogens is 2. The molecule has 0 amide bonds. The van der Waals surface area contributed by atoms with Crippen molar-refractivity contribution in [2.75, 3.05) is 37.6 Å².